The van der Waals surface area contributed by atoms with Gasteiger partial charge in [0.25, 0.3) is 0 Å². The lowest BCUT2D eigenvalue weighted by Gasteiger charge is -2.01. The van der Waals surface area contributed by atoms with E-state index >= 15 is 0 Å². The molecule has 0 spiro atoms. The maximum atomic E-state index is 10.4. The van der Waals surface area contributed by atoms with Gasteiger partial charge in [0.15, 0.2) is 0 Å². The average Bonchev–Trinajstić information content (AvgIpc) is 2.19. The van der Waals surface area contributed by atoms with Crippen LogP contribution in [0.3, 0.4) is 0 Å². The summed E-state index contributed by atoms with van der Waals surface area (Å²) in [6, 6.07) is 15.2. The van der Waals surface area contributed by atoms with Gasteiger partial charge >= 0.3 is 0 Å². The van der Waals surface area contributed by atoms with Crippen LogP contribution in [-0.2, 0) is 4.79 Å². The van der Waals surface area contributed by atoms with Crippen molar-refractivity contribution in [2.24, 2.45) is 0 Å². The maximum Gasteiger partial charge on any atom is 0.143 e. The van der Waals surface area contributed by atoms with Crippen molar-refractivity contribution in [3.05, 3.63) is 42.5 Å². The molecule has 0 bridgehead atoms. The second-order valence-electron chi connectivity index (χ2n) is 2.79. The molecule has 0 N–H and O–H groups in total. The van der Waals surface area contributed by atoms with E-state index in [-0.39, 0.29) is 8.58 Å². The second-order valence-corrected chi connectivity index (χ2v) is 3.85. The minimum atomic E-state index is 0.260. The van der Waals surface area contributed by atoms with E-state index in [4.69, 9.17) is 0 Å². The molecule has 1 unspecified atom stereocenters. The number of benzene rings is 2. The Bertz CT molecular complexity index is 432. The fourth-order valence-corrected chi connectivity index (χ4v) is 2.12. The SMILES string of the molecule is O=CPc1cccc2ccccc12. The predicted molar refractivity (Wildman–Crippen MR) is 58.6 cm³/mol. The van der Waals surface area contributed by atoms with Gasteiger partial charge in [-0.2, -0.15) is 0 Å². The minimum Gasteiger partial charge on any atom is -0.298 e. The van der Waals surface area contributed by atoms with E-state index in [1.165, 1.54) is 10.8 Å². The fourth-order valence-electron chi connectivity index (χ4n) is 1.41. The number of fused-ring (bicyclic) bond motifs is 1. The largest absolute Gasteiger partial charge is 0.298 e. The van der Waals surface area contributed by atoms with Gasteiger partial charge in [-0.1, -0.05) is 42.5 Å². The van der Waals surface area contributed by atoms with Gasteiger partial charge in [-0.15, -0.1) is 0 Å². The molecule has 2 aromatic carbocycles. The standard InChI is InChI=1S/C11H9OP/c12-8-13-11-7-3-5-9-4-1-2-6-10(9)11/h1-8,13H. The van der Waals surface area contributed by atoms with Crippen LogP contribution in [0.1, 0.15) is 0 Å². The van der Waals surface area contributed by atoms with Crippen LogP contribution < -0.4 is 5.30 Å². The fraction of sp³-hybridized carbons (Fsp3) is 0. The highest BCUT2D eigenvalue weighted by Gasteiger charge is 1.97. The van der Waals surface area contributed by atoms with Crippen molar-refractivity contribution >= 4 is 30.7 Å². The Hall–Kier alpha value is -1.20. The minimum absolute atomic E-state index is 0.260. The van der Waals surface area contributed by atoms with Gasteiger partial charge in [0, 0.05) is 0 Å². The molecule has 0 saturated carbocycles. The van der Waals surface area contributed by atoms with Crippen LogP contribution >= 0.6 is 8.58 Å². The Morgan fingerprint density at radius 3 is 2.62 bits per heavy atom. The zero-order valence-electron chi connectivity index (χ0n) is 7.03. The zero-order chi connectivity index (χ0) is 9.10. The highest BCUT2D eigenvalue weighted by Crippen LogP contribution is 2.16. The molecule has 0 heterocycles. The first-order valence-electron chi connectivity index (χ1n) is 4.10. The normalized spacial score (nSPS) is 11.1. The van der Waals surface area contributed by atoms with E-state index in [0.717, 1.165) is 11.3 Å². The summed E-state index contributed by atoms with van der Waals surface area (Å²) >= 11 is 0. The Kier molecular flexibility index (Phi) is 2.37. The van der Waals surface area contributed by atoms with Crippen LogP contribution in [0.2, 0.25) is 0 Å². The third kappa shape index (κ3) is 1.61. The van der Waals surface area contributed by atoms with Gasteiger partial charge in [0.1, 0.15) is 6.03 Å². The topological polar surface area (TPSA) is 17.1 Å². The molecule has 0 saturated heterocycles. The first kappa shape index (κ1) is 8.40. The molecule has 0 aliphatic carbocycles. The van der Waals surface area contributed by atoms with Gasteiger partial charge in [-0.3, -0.25) is 4.79 Å². The molecule has 0 aliphatic rings. The van der Waals surface area contributed by atoms with Crippen molar-refractivity contribution in [1.29, 1.82) is 0 Å². The average molecular weight is 188 g/mol. The lowest BCUT2D eigenvalue weighted by molar-refractivity contribution is 0.569. The third-order valence-corrected chi connectivity index (χ3v) is 2.87. The molecular weight excluding hydrogens is 179 g/mol. The van der Waals surface area contributed by atoms with Crippen LogP contribution in [0.4, 0.5) is 0 Å². The molecule has 2 aromatic rings. The molecule has 2 heteroatoms. The van der Waals surface area contributed by atoms with E-state index in [0.29, 0.717) is 0 Å². The van der Waals surface area contributed by atoms with E-state index in [1.54, 1.807) is 0 Å². The summed E-state index contributed by atoms with van der Waals surface area (Å²) in [5, 5.41) is 3.53. The summed E-state index contributed by atoms with van der Waals surface area (Å²) in [7, 11) is 0.260. The lowest BCUT2D eigenvalue weighted by atomic mass is 10.1. The van der Waals surface area contributed by atoms with E-state index in [9.17, 15) is 4.79 Å². The second kappa shape index (κ2) is 3.68. The van der Waals surface area contributed by atoms with Crippen molar-refractivity contribution in [2.45, 2.75) is 0 Å². The van der Waals surface area contributed by atoms with Crippen molar-refractivity contribution in [2.75, 3.05) is 0 Å². The van der Waals surface area contributed by atoms with Crippen LogP contribution in [0, 0.1) is 0 Å². The summed E-state index contributed by atoms with van der Waals surface area (Å²) in [6.07, 6.45) is 0. The number of carbonyl (C=O) groups is 1. The maximum absolute atomic E-state index is 10.4. The van der Waals surface area contributed by atoms with Gasteiger partial charge in [-0.05, 0) is 24.7 Å². The van der Waals surface area contributed by atoms with Gasteiger partial charge < -0.3 is 0 Å². The third-order valence-electron chi connectivity index (χ3n) is 2.00. The Morgan fingerprint density at radius 1 is 1.00 bits per heavy atom. The van der Waals surface area contributed by atoms with Crippen LogP contribution in [0.15, 0.2) is 42.5 Å². The van der Waals surface area contributed by atoms with Crippen molar-refractivity contribution < 1.29 is 4.79 Å². The molecule has 2 rings (SSSR count). The van der Waals surface area contributed by atoms with Crippen LogP contribution in [0.25, 0.3) is 10.8 Å². The van der Waals surface area contributed by atoms with E-state index < -0.39 is 0 Å². The van der Waals surface area contributed by atoms with Crippen LogP contribution in [-0.4, -0.2) is 6.03 Å². The molecule has 0 aromatic heterocycles. The van der Waals surface area contributed by atoms with E-state index in [1.807, 2.05) is 24.3 Å². The number of hydrogen-bond donors (Lipinski definition) is 0. The number of carbonyl (C=O) groups excluding carboxylic acids is 1. The molecule has 0 radical (unpaired) electrons. The summed E-state index contributed by atoms with van der Waals surface area (Å²) in [5.41, 5.74) is 0. The van der Waals surface area contributed by atoms with Gasteiger partial charge in [0.05, 0.1) is 0 Å². The van der Waals surface area contributed by atoms with Crippen molar-refractivity contribution in [3.63, 3.8) is 0 Å². The Morgan fingerprint density at radius 2 is 1.77 bits per heavy atom. The van der Waals surface area contributed by atoms with Gasteiger partial charge in [0.2, 0.25) is 0 Å². The predicted octanol–water partition coefficient (Wildman–Crippen LogP) is 2.33. The summed E-state index contributed by atoms with van der Waals surface area (Å²) in [4.78, 5) is 10.4. The van der Waals surface area contributed by atoms with Gasteiger partial charge in [-0.25, -0.2) is 0 Å². The van der Waals surface area contributed by atoms with Crippen molar-refractivity contribution in [1.82, 2.24) is 0 Å². The lowest BCUT2D eigenvalue weighted by Crippen LogP contribution is -1.95. The smallest absolute Gasteiger partial charge is 0.143 e. The molecule has 1 atom stereocenters. The molecule has 0 fully saturated rings. The number of rotatable bonds is 2. The highest BCUT2D eigenvalue weighted by molar-refractivity contribution is 7.63. The molecule has 0 aliphatic heterocycles. The number of hydrogen-bond acceptors (Lipinski definition) is 1. The molecular formula is C11H9OP. The summed E-state index contributed by atoms with van der Waals surface area (Å²) in [6.45, 7) is 0. The molecule has 1 nitrogen and oxygen atoms in total. The summed E-state index contributed by atoms with van der Waals surface area (Å²) < 4.78 is 0. The Labute approximate surface area is 78.6 Å². The first-order valence-corrected chi connectivity index (χ1v) is 5.17. The molecule has 64 valence electrons. The van der Waals surface area contributed by atoms with E-state index in [2.05, 4.69) is 18.2 Å². The monoisotopic (exact) mass is 188 g/mol. The summed E-state index contributed by atoms with van der Waals surface area (Å²) in [5.74, 6) is 0. The zero-order valence-corrected chi connectivity index (χ0v) is 8.03. The quantitative estimate of drug-likeness (QED) is 0.522. The Balaban J connectivity index is 2.68. The van der Waals surface area contributed by atoms with Crippen molar-refractivity contribution in [3.8, 4) is 0 Å². The molecule has 0 amide bonds. The highest BCUT2D eigenvalue weighted by atomic mass is 31.1. The van der Waals surface area contributed by atoms with Crippen LogP contribution in [0.5, 0.6) is 0 Å². The molecule has 13 heavy (non-hydrogen) atoms. The first-order chi connectivity index (χ1) is 6.42.